The molecular weight excluding hydrogens is 580 g/mol. The fourth-order valence-electron chi connectivity index (χ4n) is 4.84. The van der Waals surface area contributed by atoms with Gasteiger partial charge in [0, 0.05) is 17.7 Å². The van der Waals surface area contributed by atoms with Gasteiger partial charge < -0.3 is 74.4 Å². The van der Waals surface area contributed by atoms with E-state index in [9.17, 15) is 55.9 Å². The highest BCUT2D eigenvalue weighted by Gasteiger charge is 2.47. The van der Waals surface area contributed by atoms with Crippen molar-refractivity contribution in [3.63, 3.8) is 0 Å². The molecule has 3 aromatic rings. The van der Waals surface area contributed by atoms with Gasteiger partial charge in [-0.15, -0.1) is 0 Å². The molecule has 0 aliphatic carbocycles. The van der Waals surface area contributed by atoms with Gasteiger partial charge in [-0.3, -0.25) is 4.79 Å². The van der Waals surface area contributed by atoms with E-state index >= 15 is 0 Å². The summed E-state index contributed by atoms with van der Waals surface area (Å²) in [6.45, 7) is 0.818. The Kier molecular flexibility index (Phi) is 8.41. The maximum absolute atomic E-state index is 13.6. The van der Waals surface area contributed by atoms with E-state index in [-0.39, 0.29) is 11.1 Å². The molecule has 2 aromatic carbocycles. The fraction of sp³-hybridized carbons (Fsp3) is 0.444. The van der Waals surface area contributed by atoms with Gasteiger partial charge in [0.15, 0.2) is 23.5 Å². The van der Waals surface area contributed by atoms with Gasteiger partial charge in [-0.05, 0) is 25.1 Å². The molecule has 16 nitrogen and oxygen atoms in total. The van der Waals surface area contributed by atoms with Crippen molar-refractivity contribution in [2.45, 2.75) is 68.3 Å². The van der Waals surface area contributed by atoms with Gasteiger partial charge in [-0.25, -0.2) is 0 Å². The van der Waals surface area contributed by atoms with Crippen LogP contribution < -0.4 is 10.2 Å². The molecule has 0 unspecified atom stereocenters. The van der Waals surface area contributed by atoms with Crippen LogP contribution in [0.1, 0.15) is 6.92 Å². The van der Waals surface area contributed by atoms with Crippen LogP contribution in [0, 0.1) is 0 Å². The third-order valence-corrected chi connectivity index (χ3v) is 7.29. The third kappa shape index (κ3) is 5.67. The summed E-state index contributed by atoms with van der Waals surface area (Å²) in [7, 11) is 0. The van der Waals surface area contributed by atoms with Crippen LogP contribution in [0.3, 0.4) is 0 Å². The second-order valence-corrected chi connectivity index (χ2v) is 10.3. The smallest absolute Gasteiger partial charge is 0.239 e. The van der Waals surface area contributed by atoms with E-state index in [4.69, 9.17) is 23.4 Å². The Morgan fingerprint density at radius 1 is 0.744 bits per heavy atom. The minimum absolute atomic E-state index is 0.0313. The predicted molar refractivity (Wildman–Crippen MR) is 140 cm³/mol. The number of fused-ring (bicyclic) bond motifs is 1. The first-order chi connectivity index (χ1) is 20.3. The van der Waals surface area contributed by atoms with Gasteiger partial charge in [0.1, 0.15) is 65.2 Å². The molecule has 5 rings (SSSR count). The summed E-state index contributed by atoms with van der Waals surface area (Å²) in [5.41, 5.74) is -1.35. The first-order valence-electron chi connectivity index (χ1n) is 13.0. The Hall–Kier alpha value is -3.71. The molecule has 0 radical (unpaired) electrons. The minimum atomic E-state index is -1.97. The molecule has 2 aliphatic rings. The SMILES string of the molecule is C[C@H]1O[C@H](OC[C@@H]2O[C@@H](Oc3c(-c4ccc(O)c(O)c4)oc4cc(O)cc(O)c4c3=O)[C@@H](O)[C@@H](O)[C@@H]2O)[C@@H](O)[C@@H](O)[C@@H]1O. The Morgan fingerprint density at radius 2 is 1.42 bits per heavy atom. The monoisotopic (exact) mass is 610 g/mol. The lowest BCUT2D eigenvalue weighted by atomic mass is 9.98. The molecule has 10 N–H and O–H groups in total. The van der Waals surface area contributed by atoms with E-state index in [0.29, 0.717) is 0 Å². The van der Waals surface area contributed by atoms with Gasteiger partial charge in [-0.2, -0.15) is 0 Å². The summed E-state index contributed by atoms with van der Waals surface area (Å²) in [6.07, 6.45) is -16.2. The molecule has 1 aromatic heterocycles. The number of phenolic OH excluding ortho intramolecular Hbond substituents is 4. The molecule has 0 saturated carbocycles. The second kappa shape index (κ2) is 11.8. The van der Waals surface area contributed by atoms with E-state index in [2.05, 4.69) is 0 Å². The summed E-state index contributed by atoms with van der Waals surface area (Å²) in [5.74, 6) is -3.33. The Balaban J connectivity index is 1.48. The van der Waals surface area contributed by atoms with Crippen LogP contribution >= 0.6 is 0 Å². The normalized spacial score (nSPS) is 33.0. The average Bonchev–Trinajstić information content (AvgIpc) is 2.96. The van der Waals surface area contributed by atoms with Crippen molar-refractivity contribution in [2.24, 2.45) is 0 Å². The van der Waals surface area contributed by atoms with Crippen LogP contribution in [0.4, 0.5) is 0 Å². The molecule has 234 valence electrons. The van der Waals surface area contributed by atoms with E-state index in [0.717, 1.165) is 24.3 Å². The topological polar surface area (TPSA) is 269 Å². The van der Waals surface area contributed by atoms with Crippen molar-refractivity contribution in [3.05, 3.63) is 40.6 Å². The molecule has 2 saturated heterocycles. The van der Waals surface area contributed by atoms with Gasteiger partial charge in [0.25, 0.3) is 0 Å². The maximum Gasteiger partial charge on any atom is 0.239 e. The zero-order valence-corrected chi connectivity index (χ0v) is 22.3. The Bertz CT molecular complexity index is 1540. The molecular formula is C27H30O16. The average molecular weight is 611 g/mol. The van der Waals surface area contributed by atoms with Crippen LogP contribution in [0.5, 0.6) is 28.7 Å². The van der Waals surface area contributed by atoms with Crippen LogP contribution in [-0.4, -0.2) is 119 Å². The highest BCUT2D eigenvalue weighted by Crippen LogP contribution is 2.39. The van der Waals surface area contributed by atoms with Crippen LogP contribution in [0.2, 0.25) is 0 Å². The summed E-state index contributed by atoms with van der Waals surface area (Å²) < 4.78 is 27.8. The van der Waals surface area contributed by atoms with Crippen molar-refractivity contribution in [3.8, 4) is 40.1 Å². The highest BCUT2D eigenvalue weighted by atomic mass is 16.7. The number of aliphatic hydroxyl groups is 6. The number of aromatic hydroxyl groups is 4. The fourth-order valence-corrected chi connectivity index (χ4v) is 4.84. The van der Waals surface area contributed by atoms with Gasteiger partial charge in [-0.1, -0.05) is 0 Å². The predicted octanol–water partition coefficient (Wildman–Crippen LogP) is -1.69. The lowest BCUT2D eigenvalue weighted by molar-refractivity contribution is -0.318. The molecule has 0 bridgehead atoms. The van der Waals surface area contributed by atoms with Crippen molar-refractivity contribution in [2.75, 3.05) is 6.61 Å². The summed E-state index contributed by atoms with van der Waals surface area (Å²) >= 11 is 0. The van der Waals surface area contributed by atoms with Crippen LogP contribution in [0.15, 0.2) is 39.5 Å². The third-order valence-electron chi connectivity index (χ3n) is 7.29. The van der Waals surface area contributed by atoms with Crippen LogP contribution in [-0.2, 0) is 14.2 Å². The second-order valence-electron chi connectivity index (χ2n) is 10.3. The molecule has 0 spiro atoms. The number of hydrogen-bond acceptors (Lipinski definition) is 16. The molecule has 43 heavy (non-hydrogen) atoms. The zero-order chi connectivity index (χ0) is 31.3. The van der Waals surface area contributed by atoms with Crippen molar-refractivity contribution in [1.82, 2.24) is 0 Å². The first kappa shape index (κ1) is 30.7. The standard InChI is InChI=1S/C27H30O16/c1-8-17(32)20(35)22(37)26(40-8)39-7-15-18(33)21(36)23(38)27(42-15)43-25-19(34)16-13(31)5-10(28)6-14(16)41-24(25)9-2-3-11(29)12(30)4-9/h2-6,8,15,17-18,20-23,26-33,35-38H,7H2,1H3/t8-,15+,17-,18-,20+,21+,22+,23+,26+,27+/m1/s1. The quantitative estimate of drug-likeness (QED) is 0.140. The molecule has 0 amide bonds. The number of ether oxygens (including phenoxy) is 4. The van der Waals surface area contributed by atoms with Gasteiger partial charge >= 0.3 is 0 Å². The molecule has 16 heteroatoms. The lowest BCUT2D eigenvalue weighted by Crippen LogP contribution is -2.61. The van der Waals surface area contributed by atoms with E-state index in [1.165, 1.54) is 13.0 Å². The number of aliphatic hydroxyl groups excluding tert-OH is 6. The minimum Gasteiger partial charge on any atom is -0.508 e. The summed E-state index contributed by atoms with van der Waals surface area (Å²) in [4.78, 5) is 13.6. The maximum atomic E-state index is 13.6. The first-order valence-corrected chi connectivity index (χ1v) is 13.0. The summed E-state index contributed by atoms with van der Waals surface area (Å²) in [6, 6.07) is 5.24. The van der Waals surface area contributed by atoms with Crippen molar-refractivity contribution in [1.29, 1.82) is 0 Å². The van der Waals surface area contributed by atoms with E-state index in [1.807, 2.05) is 0 Å². The van der Waals surface area contributed by atoms with E-state index in [1.54, 1.807) is 0 Å². The van der Waals surface area contributed by atoms with Crippen LogP contribution in [0.25, 0.3) is 22.3 Å². The molecule has 2 aliphatic heterocycles. The van der Waals surface area contributed by atoms with Gasteiger partial charge in [0.05, 0.1) is 12.7 Å². The molecule has 3 heterocycles. The Morgan fingerprint density at radius 3 is 2.12 bits per heavy atom. The molecule has 10 atom stereocenters. The molecule has 2 fully saturated rings. The highest BCUT2D eigenvalue weighted by molar-refractivity contribution is 5.88. The number of phenols is 4. The largest absolute Gasteiger partial charge is 0.508 e. The number of benzene rings is 2. The van der Waals surface area contributed by atoms with Crippen molar-refractivity contribution < 1.29 is 74.4 Å². The number of rotatable bonds is 6. The number of hydrogen-bond donors (Lipinski definition) is 10. The Labute approximate surface area is 241 Å². The zero-order valence-electron chi connectivity index (χ0n) is 22.3. The van der Waals surface area contributed by atoms with Crippen molar-refractivity contribution >= 4 is 11.0 Å². The lowest BCUT2D eigenvalue weighted by Gasteiger charge is -2.42. The van der Waals surface area contributed by atoms with Gasteiger partial charge in [0.2, 0.25) is 17.5 Å². The summed E-state index contributed by atoms with van der Waals surface area (Å²) in [5, 5.41) is 101. The van der Waals surface area contributed by atoms with E-state index < -0.39 is 113 Å².